The Labute approximate surface area is 125 Å². The van der Waals surface area contributed by atoms with E-state index in [4.69, 9.17) is 16.7 Å². The van der Waals surface area contributed by atoms with Gasteiger partial charge in [-0.25, -0.2) is 0 Å². The molecule has 0 aliphatic carbocycles. The van der Waals surface area contributed by atoms with Gasteiger partial charge in [0.2, 0.25) is 0 Å². The molecule has 21 heavy (non-hydrogen) atoms. The molecule has 3 nitrogen and oxygen atoms in total. The largest absolute Gasteiger partial charge is 0.481 e. The van der Waals surface area contributed by atoms with Crippen LogP contribution in [0.25, 0.3) is 0 Å². The highest BCUT2D eigenvalue weighted by Gasteiger charge is 2.27. The average molecular weight is 325 g/mol. The second kappa shape index (κ2) is 8.24. The Hall–Kier alpha value is -1.27. The van der Waals surface area contributed by atoms with Gasteiger partial charge in [-0.1, -0.05) is 23.7 Å². The third-order valence-electron chi connectivity index (χ3n) is 2.85. The summed E-state index contributed by atoms with van der Waals surface area (Å²) in [6, 6.07) is 6.81. The minimum Gasteiger partial charge on any atom is -0.481 e. The molecular weight excluding hydrogens is 309 g/mol. The monoisotopic (exact) mass is 324 g/mol. The fraction of sp³-hybridized carbons (Fsp3) is 0.500. The molecule has 1 N–H and O–H groups in total. The van der Waals surface area contributed by atoms with Crippen molar-refractivity contribution in [3.63, 3.8) is 0 Å². The number of alkyl halides is 3. The van der Waals surface area contributed by atoms with Crippen LogP contribution in [-0.4, -0.2) is 30.5 Å². The molecule has 0 fully saturated rings. The Kier molecular flexibility index (Phi) is 6.98. The third kappa shape index (κ3) is 7.92. The summed E-state index contributed by atoms with van der Waals surface area (Å²) in [6.45, 7) is -1.41. The van der Waals surface area contributed by atoms with Crippen molar-refractivity contribution in [2.24, 2.45) is 5.92 Å². The van der Waals surface area contributed by atoms with Crippen molar-refractivity contribution in [1.82, 2.24) is 0 Å². The van der Waals surface area contributed by atoms with Crippen LogP contribution in [0.5, 0.6) is 0 Å². The van der Waals surface area contributed by atoms with E-state index >= 15 is 0 Å². The smallest absolute Gasteiger partial charge is 0.411 e. The van der Waals surface area contributed by atoms with Crippen LogP contribution in [0.3, 0.4) is 0 Å². The number of carboxylic acid groups (broad SMARTS) is 1. The molecule has 0 radical (unpaired) electrons. The lowest BCUT2D eigenvalue weighted by Gasteiger charge is -2.13. The molecule has 0 amide bonds. The standard InChI is InChI=1S/C14H16ClF3O3/c15-12-5-3-10(4-6-12)8-11(13(19)20)2-1-7-21-9-14(16,17)18/h3-6,11H,1-2,7-9H2,(H,19,20). The van der Waals surface area contributed by atoms with Crippen molar-refractivity contribution in [1.29, 1.82) is 0 Å². The second-order valence-electron chi connectivity index (χ2n) is 4.68. The van der Waals surface area contributed by atoms with Crippen LogP contribution in [0, 0.1) is 5.92 Å². The molecule has 118 valence electrons. The van der Waals surface area contributed by atoms with E-state index in [1.807, 2.05) is 0 Å². The molecule has 0 bridgehead atoms. The molecule has 1 unspecified atom stereocenters. The summed E-state index contributed by atoms with van der Waals surface area (Å²) in [4.78, 5) is 11.1. The number of carboxylic acids is 1. The van der Waals surface area contributed by atoms with Gasteiger partial charge in [-0.15, -0.1) is 0 Å². The molecule has 0 heterocycles. The van der Waals surface area contributed by atoms with E-state index in [1.54, 1.807) is 24.3 Å². The molecular formula is C14H16ClF3O3. The van der Waals surface area contributed by atoms with Crippen molar-refractivity contribution >= 4 is 17.6 Å². The highest BCUT2D eigenvalue weighted by Crippen LogP contribution is 2.18. The topological polar surface area (TPSA) is 46.5 Å². The molecule has 0 aromatic heterocycles. The van der Waals surface area contributed by atoms with Crippen molar-refractivity contribution in [2.75, 3.05) is 13.2 Å². The Morgan fingerprint density at radius 2 is 1.90 bits per heavy atom. The normalized spacial score (nSPS) is 13.1. The van der Waals surface area contributed by atoms with Gasteiger partial charge in [-0.05, 0) is 37.0 Å². The minimum absolute atomic E-state index is 0.107. The number of halogens is 4. The first-order chi connectivity index (χ1) is 9.78. The fourth-order valence-electron chi connectivity index (χ4n) is 1.84. The van der Waals surface area contributed by atoms with Gasteiger partial charge >= 0.3 is 12.1 Å². The van der Waals surface area contributed by atoms with Crippen molar-refractivity contribution in [2.45, 2.75) is 25.4 Å². The van der Waals surface area contributed by atoms with Gasteiger partial charge in [-0.3, -0.25) is 4.79 Å². The number of benzene rings is 1. The van der Waals surface area contributed by atoms with Gasteiger partial charge in [-0.2, -0.15) is 13.2 Å². The first kappa shape index (κ1) is 17.8. The summed E-state index contributed by atoms with van der Waals surface area (Å²) >= 11 is 5.74. The zero-order valence-corrected chi connectivity index (χ0v) is 12.0. The molecule has 1 aromatic carbocycles. The Morgan fingerprint density at radius 1 is 1.29 bits per heavy atom. The molecule has 0 saturated heterocycles. The van der Waals surface area contributed by atoms with Crippen LogP contribution in [0.15, 0.2) is 24.3 Å². The lowest BCUT2D eigenvalue weighted by molar-refractivity contribution is -0.174. The minimum atomic E-state index is -4.35. The fourth-order valence-corrected chi connectivity index (χ4v) is 1.96. The number of rotatable bonds is 8. The van der Waals surface area contributed by atoms with Crippen LogP contribution < -0.4 is 0 Å². The van der Waals surface area contributed by atoms with Gasteiger partial charge < -0.3 is 9.84 Å². The van der Waals surface area contributed by atoms with Crippen molar-refractivity contribution in [3.8, 4) is 0 Å². The predicted octanol–water partition coefficient (Wildman–Crippen LogP) is 3.94. The van der Waals surface area contributed by atoms with E-state index in [0.29, 0.717) is 11.4 Å². The molecule has 0 spiro atoms. The Balaban J connectivity index is 2.37. The number of hydrogen-bond donors (Lipinski definition) is 1. The van der Waals surface area contributed by atoms with E-state index in [1.165, 1.54) is 0 Å². The van der Waals surface area contributed by atoms with Gasteiger partial charge in [0.15, 0.2) is 0 Å². The van der Waals surface area contributed by atoms with Crippen LogP contribution in [0.1, 0.15) is 18.4 Å². The van der Waals surface area contributed by atoms with E-state index in [0.717, 1.165) is 5.56 Å². The molecule has 1 rings (SSSR count). The summed E-state index contributed by atoms with van der Waals surface area (Å²) in [5.41, 5.74) is 0.822. The van der Waals surface area contributed by atoms with E-state index in [-0.39, 0.29) is 19.4 Å². The Morgan fingerprint density at radius 3 is 2.43 bits per heavy atom. The van der Waals surface area contributed by atoms with Gasteiger partial charge in [0.25, 0.3) is 0 Å². The first-order valence-electron chi connectivity index (χ1n) is 6.39. The predicted molar refractivity (Wildman–Crippen MR) is 72.4 cm³/mol. The maximum absolute atomic E-state index is 11.9. The van der Waals surface area contributed by atoms with Crippen LogP contribution >= 0.6 is 11.6 Å². The summed E-state index contributed by atoms with van der Waals surface area (Å²) in [6.07, 6.45) is -3.52. The highest BCUT2D eigenvalue weighted by atomic mass is 35.5. The maximum Gasteiger partial charge on any atom is 0.411 e. The Bertz CT molecular complexity index is 446. The van der Waals surface area contributed by atoms with Crippen LogP contribution in [-0.2, 0) is 16.0 Å². The molecule has 1 aromatic rings. The number of carbonyl (C=O) groups is 1. The van der Waals surface area contributed by atoms with Gasteiger partial charge in [0.1, 0.15) is 6.61 Å². The van der Waals surface area contributed by atoms with Gasteiger partial charge in [0.05, 0.1) is 5.92 Å². The van der Waals surface area contributed by atoms with E-state index in [2.05, 4.69) is 4.74 Å². The summed E-state index contributed by atoms with van der Waals surface area (Å²) in [5, 5.41) is 9.69. The number of aliphatic carboxylic acids is 1. The molecule has 7 heteroatoms. The lowest BCUT2D eigenvalue weighted by atomic mass is 9.95. The van der Waals surface area contributed by atoms with E-state index in [9.17, 15) is 18.0 Å². The zero-order chi connectivity index (χ0) is 15.9. The molecule has 0 aliphatic rings. The van der Waals surface area contributed by atoms with Crippen molar-refractivity contribution < 1.29 is 27.8 Å². The summed E-state index contributed by atoms with van der Waals surface area (Å²) < 4.78 is 40.0. The van der Waals surface area contributed by atoms with Crippen molar-refractivity contribution in [3.05, 3.63) is 34.9 Å². The summed E-state index contributed by atoms with van der Waals surface area (Å²) in [5.74, 6) is -1.62. The highest BCUT2D eigenvalue weighted by molar-refractivity contribution is 6.30. The molecule has 0 saturated carbocycles. The van der Waals surface area contributed by atoms with Crippen LogP contribution in [0.2, 0.25) is 5.02 Å². The first-order valence-corrected chi connectivity index (χ1v) is 6.77. The van der Waals surface area contributed by atoms with Crippen LogP contribution in [0.4, 0.5) is 13.2 Å². The zero-order valence-electron chi connectivity index (χ0n) is 11.2. The number of hydrogen-bond acceptors (Lipinski definition) is 2. The molecule has 1 atom stereocenters. The van der Waals surface area contributed by atoms with Gasteiger partial charge in [0, 0.05) is 11.6 Å². The quantitative estimate of drug-likeness (QED) is 0.737. The maximum atomic E-state index is 11.9. The third-order valence-corrected chi connectivity index (χ3v) is 3.10. The average Bonchev–Trinajstić information content (AvgIpc) is 2.37. The summed E-state index contributed by atoms with van der Waals surface area (Å²) in [7, 11) is 0. The molecule has 0 aliphatic heterocycles. The van der Waals surface area contributed by atoms with E-state index < -0.39 is 24.7 Å². The second-order valence-corrected chi connectivity index (χ2v) is 5.11. The SMILES string of the molecule is O=C(O)C(CCCOCC(F)(F)F)Cc1ccc(Cl)cc1. The number of ether oxygens (including phenoxy) is 1. The lowest BCUT2D eigenvalue weighted by Crippen LogP contribution is -2.19.